The maximum absolute atomic E-state index is 12.3. The lowest BCUT2D eigenvalue weighted by Crippen LogP contribution is -2.50. The van der Waals surface area contributed by atoms with E-state index in [9.17, 15) is 9.59 Å². The molecule has 0 amide bonds. The van der Waals surface area contributed by atoms with Gasteiger partial charge in [-0.05, 0) is 32.1 Å². The number of carbonyl (C=O) groups is 2. The van der Waals surface area contributed by atoms with Gasteiger partial charge < -0.3 is 4.74 Å². The number of ketones is 1. The minimum absolute atomic E-state index is 0.0350. The SMILES string of the molecule is CCC(=O)C1CC(C)(C(=O)OC)NC1C1CCCCC1. The fourth-order valence-electron chi connectivity index (χ4n) is 3.98. The van der Waals surface area contributed by atoms with Crippen LogP contribution in [0.4, 0.5) is 0 Å². The molecule has 4 nitrogen and oxygen atoms in total. The van der Waals surface area contributed by atoms with Gasteiger partial charge in [0.05, 0.1) is 7.11 Å². The second-order valence-corrected chi connectivity index (χ2v) is 6.52. The van der Waals surface area contributed by atoms with Crippen LogP contribution in [-0.4, -0.2) is 30.4 Å². The maximum atomic E-state index is 12.3. The highest BCUT2D eigenvalue weighted by Gasteiger charge is 2.51. The van der Waals surface area contributed by atoms with Gasteiger partial charge in [-0.2, -0.15) is 0 Å². The lowest BCUT2D eigenvalue weighted by atomic mass is 9.77. The molecule has 0 radical (unpaired) electrons. The van der Waals surface area contributed by atoms with Crippen molar-refractivity contribution in [3.63, 3.8) is 0 Å². The molecule has 1 heterocycles. The molecule has 2 rings (SSSR count). The Labute approximate surface area is 121 Å². The van der Waals surface area contributed by atoms with E-state index in [1.54, 1.807) is 0 Å². The third-order valence-electron chi connectivity index (χ3n) is 5.10. The highest BCUT2D eigenvalue weighted by atomic mass is 16.5. The number of carbonyl (C=O) groups excluding carboxylic acids is 2. The van der Waals surface area contributed by atoms with Gasteiger partial charge in [0.1, 0.15) is 11.3 Å². The molecular formula is C16H27NO3. The molecule has 1 aliphatic carbocycles. The van der Waals surface area contributed by atoms with Crippen LogP contribution in [0, 0.1) is 11.8 Å². The Balaban J connectivity index is 2.18. The Morgan fingerprint density at radius 2 is 1.90 bits per heavy atom. The van der Waals surface area contributed by atoms with Crippen LogP contribution >= 0.6 is 0 Å². The van der Waals surface area contributed by atoms with Gasteiger partial charge in [-0.15, -0.1) is 0 Å². The minimum atomic E-state index is -0.702. The van der Waals surface area contributed by atoms with Crippen molar-refractivity contribution in [1.82, 2.24) is 5.32 Å². The van der Waals surface area contributed by atoms with E-state index in [1.807, 2.05) is 13.8 Å². The molecule has 0 aromatic heterocycles. The van der Waals surface area contributed by atoms with Crippen molar-refractivity contribution in [2.45, 2.75) is 70.4 Å². The Morgan fingerprint density at radius 3 is 2.45 bits per heavy atom. The van der Waals surface area contributed by atoms with Crippen LogP contribution in [0.15, 0.2) is 0 Å². The van der Waals surface area contributed by atoms with Crippen LogP contribution in [0.2, 0.25) is 0 Å². The summed E-state index contributed by atoms with van der Waals surface area (Å²) in [6, 6.07) is 0.145. The molecule has 0 bridgehead atoms. The van der Waals surface area contributed by atoms with E-state index in [2.05, 4.69) is 5.32 Å². The van der Waals surface area contributed by atoms with Gasteiger partial charge in [0.15, 0.2) is 0 Å². The summed E-state index contributed by atoms with van der Waals surface area (Å²) in [6.07, 6.45) is 7.24. The van der Waals surface area contributed by atoms with Crippen molar-refractivity contribution >= 4 is 11.8 Å². The van der Waals surface area contributed by atoms with Gasteiger partial charge in [0.25, 0.3) is 0 Å². The zero-order valence-electron chi connectivity index (χ0n) is 12.9. The summed E-state index contributed by atoms with van der Waals surface area (Å²) in [4.78, 5) is 24.3. The van der Waals surface area contributed by atoms with Gasteiger partial charge in [0.2, 0.25) is 0 Å². The van der Waals surface area contributed by atoms with E-state index in [0.29, 0.717) is 18.8 Å². The minimum Gasteiger partial charge on any atom is -0.468 e. The smallest absolute Gasteiger partial charge is 0.325 e. The van der Waals surface area contributed by atoms with Crippen molar-refractivity contribution in [2.24, 2.45) is 11.8 Å². The zero-order valence-corrected chi connectivity index (χ0v) is 12.9. The predicted molar refractivity (Wildman–Crippen MR) is 77.3 cm³/mol. The standard InChI is InChI=1S/C16H27NO3/c1-4-13(18)12-10-16(2,15(19)20-3)17-14(12)11-8-6-5-7-9-11/h11-12,14,17H,4-10H2,1-3H3. The van der Waals surface area contributed by atoms with Gasteiger partial charge >= 0.3 is 5.97 Å². The second-order valence-electron chi connectivity index (χ2n) is 6.52. The number of methoxy groups -OCH3 is 1. The van der Waals surface area contributed by atoms with E-state index in [4.69, 9.17) is 4.74 Å². The quantitative estimate of drug-likeness (QED) is 0.804. The first-order chi connectivity index (χ1) is 9.51. The molecule has 0 aromatic rings. The molecule has 4 heteroatoms. The Morgan fingerprint density at radius 1 is 1.25 bits per heavy atom. The number of esters is 1. The summed E-state index contributed by atoms with van der Waals surface area (Å²) in [5.74, 6) is 0.522. The molecule has 20 heavy (non-hydrogen) atoms. The molecule has 114 valence electrons. The monoisotopic (exact) mass is 281 g/mol. The van der Waals surface area contributed by atoms with Crippen molar-refractivity contribution in [1.29, 1.82) is 0 Å². The van der Waals surface area contributed by atoms with E-state index in [-0.39, 0.29) is 23.7 Å². The predicted octanol–water partition coefficient (Wildman–Crippen LogP) is 2.46. The van der Waals surface area contributed by atoms with E-state index in [0.717, 1.165) is 0 Å². The first kappa shape index (κ1) is 15.5. The van der Waals surface area contributed by atoms with Crippen LogP contribution in [0.3, 0.4) is 0 Å². The summed E-state index contributed by atoms with van der Waals surface area (Å²) in [6.45, 7) is 3.78. The van der Waals surface area contributed by atoms with Gasteiger partial charge in [0, 0.05) is 18.4 Å². The van der Waals surface area contributed by atoms with Gasteiger partial charge in [-0.25, -0.2) is 0 Å². The fourth-order valence-corrected chi connectivity index (χ4v) is 3.98. The second kappa shape index (κ2) is 6.25. The fraction of sp³-hybridized carbons (Fsp3) is 0.875. The van der Waals surface area contributed by atoms with E-state index in [1.165, 1.54) is 39.2 Å². The molecule has 2 aliphatic rings. The van der Waals surface area contributed by atoms with E-state index < -0.39 is 5.54 Å². The Bertz CT molecular complexity index is 376. The number of Topliss-reactive ketones (excluding diaryl/α,β-unsaturated/α-hetero) is 1. The van der Waals surface area contributed by atoms with Crippen LogP contribution in [0.25, 0.3) is 0 Å². The molecule has 1 N–H and O–H groups in total. The van der Waals surface area contributed by atoms with Gasteiger partial charge in [-0.3, -0.25) is 14.9 Å². The summed E-state index contributed by atoms with van der Waals surface area (Å²) < 4.78 is 4.92. The number of ether oxygens (including phenoxy) is 1. The van der Waals surface area contributed by atoms with Crippen molar-refractivity contribution in [3.05, 3.63) is 0 Å². The lowest BCUT2D eigenvalue weighted by Gasteiger charge is -2.32. The largest absolute Gasteiger partial charge is 0.468 e. The highest BCUT2D eigenvalue weighted by molar-refractivity contribution is 5.86. The maximum Gasteiger partial charge on any atom is 0.325 e. The van der Waals surface area contributed by atoms with Crippen molar-refractivity contribution in [3.8, 4) is 0 Å². The lowest BCUT2D eigenvalue weighted by molar-refractivity contribution is -0.147. The van der Waals surface area contributed by atoms with Crippen LogP contribution in [0.5, 0.6) is 0 Å². The third kappa shape index (κ3) is 2.90. The molecule has 2 fully saturated rings. The van der Waals surface area contributed by atoms with Crippen LogP contribution < -0.4 is 5.32 Å². The summed E-state index contributed by atoms with van der Waals surface area (Å²) in [5.41, 5.74) is -0.702. The molecule has 3 unspecified atom stereocenters. The molecular weight excluding hydrogens is 254 g/mol. The molecule has 1 saturated heterocycles. The number of rotatable bonds is 4. The summed E-state index contributed by atoms with van der Waals surface area (Å²) in [5, 5.41) is 3.46. The molecule has 0 aromatic carbocycles. The number of hydrogen-bond donors (Lipinski definition) is 1. The van der Waals surface area contributed by atoms with Crippen LogP contribution in [-0.2, 0) is 14.3 Å². The first-order valence-electron chi connectivity index (χ1n) is 7.90. The molecule has 1 saturated carbocycles. The zero-order chi connectivity index (χ0) is 14.8. The summed E-state index contributed by atoms with van der Waals surface area (Å²) >= 11 is 0. The number of hydrogen-bond acceptors (Lipinski definition) is 4. The average molecular weight is 281 g/mol. The third-order valence-corrected chi connectivity index (χ3v) is 5.10. The Kier molecular flexibility index (Phi) is 4.84. The van der Waals surface area contributed by atoms with Gasteiger partial charge in [-0.1, -0.05) is 26.2 Å². The summed E-state index contributed by atoms with van der Waals surface area (Å²) in [7, 11) is 1.42. The average Bonchev–Trinajstić information content (AvgIpc) is 2.86. The van der Waals surface area contributed by atoms with E-state index >= 15 is 0 Å². The normalized spacial score (nSPS) is 35.0. The van der Waals surface area contributed by atoms with Crippen LogP contribution in [0.1, 0.15) is 58.8 Å². The highest BCUT2D eigenvalue weighted by Crippen LogP contribution is 2.39. The Hall–Kier alpha value is -0.900. The number of nitrogens with one attached hydrogen (secondary N) is 1. The molecule has 1 aliphatic heterocycles. The molecule has 0 spiro atoms. The molecule has 3 atom stereocenters. The van der Waals surface area contributed by atoms with Crippen molar-refractivity contribution in [2.75, 3.05) is 7.11 Å². The topological polar surface area (TPSA) is 55.4 Å². The van der Waals surface area contributed by atoms with Crippen molar-refractivity contribution < 1.29 is 14.3 Å². The first-order valence-corrected chi connectivity index (χ1v) is 7.90.